The molecule has 0 saturated carbocycles. The Labute approximate surface area is 117 Å². The molecule has 104 valence electrons. The second kappa shape index (κ2) is 5.56. The highest BCUT2D eigenvalue weighted by atomic mass is 16.3. The number of fused-ring (bicyclic) bond motifs is 1. The Morgan fingerprint density at radius 3 is 3.10 bits per heavy atom. The van der Waals surface area contributed by atoms with E-state index in [9.17, 15) is 9.90 Å². The Kier molecular flexibility index (Phi) is 3.62. The van der Waals surface area contributed by atoms with E-state index >= 15 is 0 Å². The van der Waals surface area contributed by atoms with E-state index < -0.39 is 0 Å². The first kappa shape index (κ1) is 13.0. The van der Waals surface area contributed by atoms with Crippen LogP contribution in [0.4, 0.5) is 0 Å². The van der Waals surface area contributed by atoms with Gasteiger partial charge in [-0.15, -0.1) is 0 Å². The van der Waals surface area contributed by atoms with Crippen molar-refractivity contribution >= 4 is 16.7 Å². The van der Waals surface area contributed by atoms with E-state index in [1.54, 1.807) is 18.5 Å². The summed E-state index contributed by atoms with van der Waals surface area (Å²) in [7, 11) is 0. The maximum absolute atomic E-state index is 12.3. The molecule has 2 heterocycles. The van der Waals surface area contributed by atoms with E-state index in [2.05, 4.69) is 15.6 Å². The Morgan fingerprint density at radius 2 is 2.30 bits per heavy atom. The summed E-state index contributed by atoms with van der Waals surface area (Å²) in [5, 5.41) is 17.6. The number of amides is 1. The topological polar surface area (TPSA) is 74.2 Å². The van der Waals surface area contributed by atoms with Gasteiger partial charge in [0.25, 0.3) is 5.91 Å². The van der Waals surface area contributed by atoms with Crippen molar-refractivity contribution in [3.63, 3.8) is 0 Å². The fourth-order valence-corrected chi connectivity index (χ4v) is 2.57. The molecule has 20 heavy (non-hydrogen) atoms. The van der Waals surface area contributed by atoms with Gasteiger partial charge in [0.05, 0.1) is 6.10 Å². The number of benzene rings is 1. The second-order valence-electron chi connectivity index (χ2n) is 5.10. The van der Waals surface area contributed by atoms with Gasteiger partial charge in [-0.2, -0.15) is 0 Å². The quantitative estimate of drug-likeness (QED) is 0.762. The third kappa shape index (κ3) is 2.50. The van der Waals surface area contributed by atoms with Gasteiger partial charge in [0, 0.05) is 48.9 Å². The van der Waals surface area contributed by atoms with Crippen LogP contribution in [0.5, 0.6) is 0 Å². The molecule has 1 saturated heterocycles. The van der Waals surface area contributed by atoms with Gasteiger partial charge >= 0.3 is 0 Å². The first-order valence-corrected chi connectivity index (χ1v) is 6.75. The summed E-state index contributed by atoms with van der Waals surface area (Å²) in [4.78, 5) is 16.3. The number of aliphatic hydroxyl groups is 1. The molecule has 1 amide bonds. The number of aliphatic hydroxyl groups excluding tert-OH is 1. The second-order valence-corrected chi connectivity index (χ2v) is 5.10. The number of carbonyl (C=O) groups excluding carboxylic acids is 1. The van der Waals surface area contributed by atoms with Gasteiger partial charge in [0.2, 0.25) is 0 Å². The minimum Gasteiger partial charge on any atom is -0.391 e. The largest absolute Gasteiger partial charge is 0.391 e. The number of nitrogens with zero attached hydrogens (tertiary/aromatic N) is 1. The van der Waals surface area contributed by atoms with E-state index in [1.165, 1.54) is 0 Å². The molecule has 2 atom stereocenters. The lowest BCUT2D eigenvalue weighted by molar-refractivity contribution is 0.0928. The summed E-state index contributed by atoms with van der Waals surface area (Å²) in [5.74, 6) is -0.0310. The third-order valence-electron chi connectivity index (χ3n) is 3.75. The molecule has 3 N–H and O–H groups in total. The van der Waals surface area contributed by atoms with Crippen LogP contribution < -0.4 is 10.6 Å². The van der Waals surface area contributed by atoms with Gasteiger partial charge in [-0.25, -0.2) is 0 Å². The summed E-state index contributed by atoms with van der Waals surface area (Å²) in [5.41, 5.74) is 0.644. The van der Waals surface area contributed by atoms with Crippen LogP contribution in [0.2, 0.25) is 0 Å². The summed E-state index contributed by atoms with van der Waals surface area (Å²) in [6, 6.07) is 7.44. The first-order chi connectivity index (χ1) is 9.75. The van der Waals surface area contributed by atoms with E-state index in [0.29, 0.717) is 18.7 Å². The summed E-state index contributed by atoms with van der Waals surface area (Å²) in [6.07, 6.45) is 3.05. The van der Waals surface area contributed by atoms with Crippen LogP contribution in [0.15, 0.2) is 36.7 Å². The number of pyridine rings is 1. The summed E-state index contributed by atoms with van der Waals surface area (Å²) < 4.78 is 0. The molecule has 1 aromatic carbocycles. The number of β-amino-alcohol motifs (C(OH)–C–C–N with tert-alkyl or cyclic N) is 1. The van der Waals surface area contributed by atoms with Crippen LogP contribution in [-0.4, -0.2) is 41.7 Å². The monoisotopic (exact) mass is 271 g/mol. The number of nitrogens with one attached hydrogen (secondary N) is 2. The maximum Gasteiger partial charge on any atom is 0.251 e. The van der Waals surface area contributed by atoms with Crippen LogP contribution in [0.1, 0.15) is 10.4 Å². The Morgan fingerprint density at radius 1 is 1.40 bits per heavy atom. The van der Waals surface area contributed by atoms with Crippen molar-refractivity contribution < 1.29 is 9.90 Å². The van der Waals surface area contributed by atoms with Crippen molar-refractivity contribution in [3.05, 3.63) is 42.2 Å². The van der Waals surface area contributed by atoms with Crippen LogP contribution in [-0.2, 0) is 0 Å². The number of rotatable bonds is 3. The SMILES string of the molecule is O=C(NCC1CNCC1O)c1cccc2cnccc12. The van der Waals surface area contributed by atoms with Gasteiger partial charge in [-0.1, -0.05) is 12.1 Å². The van der Waals surface area contributed by atoms with Crippen molar-refractivity contribution in [1.82, 2.24) is 15.6 Å². The predicted octanol–water partition coefficient (Wildman–Crippen LogP) is 0.545. The molecule has 2 unspecified atom stereocenters. The van der Waals surface area contributed by atoms with E-state index in [1.807, 2.05) is 18.2 Å². The minimum atomic E-state index is -0.382. The molecule has 0 spiro atoms. The molecular weight excluding hydrogens is 254 g/mol. The molecule has 5 heteroatoms. The zero-order valence-electron chi connectivity index (χ0n) is 11.0. The number of carbonyl (C=O) groups is 1. The zero-order valence-corrected chi connectivity index (χ0v) is 11.0. The fourth-order valence-electron chi connectivity index (χ4n) is 2.57. The highest BCUT2D eigenvalue weighted by molar-refractivity contribution is 6.06. The molecule has 1 aliphatic rings. The highest BCUT2D eigenvalue weighted by Crippen LogP contribution is 2.17. The van der Waals surface area contributed by atoms with Crippen molar-refractivity contribution in [3.8, 4) is 0 Å². The summed E-state index contributed by atoms with van der Waals surface area (Å²) in [6.45, 7) is 1.82. The number of aromatic nitrogens is 1. The molecular formula is C15H17N3O2. The molecule has 3 rings (SSSR count). The van der Waals surface area contributed by atoms with Gasteiger partial charge in [-0.3, -0.25) is 9.78 Å². The van der Waals surface area contributed by atoms with E-state index in [4.69, 9.17) is 0 Å². The average Bonchev–Trinajstić information content (AvgIpc) is 2.89. The van der Waals surface area contributed by atoms with E-state index in [-0.39, 0.29) is 17.9 Å². The lowest BCUT2D eigenvalue weighted by Crippen LogP contribution is -2.34. The normalized spacial score (nSPS) is 22.1. The smallest absolute Gasteiger partial charge is 0.251 e. The van der Waals surface area contributed by atoms with Crippen LogP contribution in [0.25, 0.3) is 10.8 Å². The molecule has 0 aliphatic carbocycles. The average molecular weight is 271 g/mol. The molecule has 1 fully saturated rings. The molecule has 1 aromatic heterocycles. The van der Waals surface area contributed by atoms with Gasteiger partial charge in [-0.05, 0) is 17.5 Å². The summed E-state index contributed by atoms with van der Waals surface area (Å²) >= 11 is 0. The first-order valence-electron chi connectivity index (χ1n) is 6.75. The Bertz CT molecular complexity index is 624. The third-order valence-corrected chi connectivity index (χ3v) is 3.75. The van der Waals surface area contributed by atoms with Crippen LogP contribution >= 0.6 is 0 Å². The van der Waals surface area contributed by atoms with Crippen LogP contribution in [0.3, 0.4) is 0 Å². The van der Waals surface area contributed by atoms with Gasteiger partial charge < -0.3 is 15.7 Å². The van der Waals surface area contributed by atoms with Crippen molar-refractivity contribution in [1.29, 1.82) is 0 Å². The van der Waals surface area contributed by atoms with Gasteiger partial charge in [0.1, 0.15) is 0 Å². The van der Waals surface area contributed by atoms with E-state index in [0.717, 1.165) is 17.3 Å². The highest BCUT2D eigenvalue weighted by Gasteiger charge is 2.25. The molecule has 5 nitrogen and oxygen atoms in total. The van der Waals surface area contributed by atoms with Crippen molar-refractivity contribution in [2.24, 2.45) is 5.92 Å². The molecule has 1 aliphatic heterocycles. The Balaban J connectivity index is 1.75. The molecule has 2 aromatic rings. The van der Waals surface area contributed by atoms with Gasteiger partial charge in [0.15, 0.2) is 0 Å². The zero-order chi connectivity index (χ0) is 13.9. The number of hydrogen-bond acceptors (Lipinski definition) is 4. The fraction of sp³-hybridized carbons (Fsp3) is 0.333. The van der Waals surface area contributed by atoms with Crippen molar-refractivity contribution in [2.75, 3.05) is 19.6 Å². The predicted molar refractivity (Wildman–Crippen MR) is 76.4 cm³/mol. The lowest BCUT2D eigenvalue weighted by atomic mass is 10.0. The lowest BCUT2D eigenvalue weighted by Gasteiger charge is -2.14. The standard InChI is InChI=1S/C15H17N3O2/c19-14-9-17-7-11(14)8-18-15(20)13-3-1-2-10-6-16-5-4-12(10)13/h1-6,11,14,17,19H,7-9H2,(H,18,20). The number of hydrogen-bond donors (Lipinski definition) is 3. The van der Waals surface area contributed by atoms with Crippen molar-refractivity contribution in [2.45, 2.75) is 6.10 Å². The minimum absolute atomic E-state index is 0.0793. The maximum atomic E-state index is 12.3. The molecule has 0 bridgehead atoms. The molecule has 0 radical (unpaired) electrons. The van der Waals surface area contributed by atoms with Crippen LogP contribution in [0, 0.1) is 5.92 Å². The Hall–Kier alpha value is -1.98.